The Hall–Kier alpha value is -2.49. The number of rotatable bonds is 5. The standard InChI is InChI=1S/C21H23N3O/c25-21(17-11-5-2-6-12-17)15-20(16-9-3-1-4-10-16)24-19-14-8-7-13-18(19)22-23-24/h2,5-8,11-14,16,20H,1,3-4,9-10,15H2. The highest BCUT2D eigenvalue weighted by Crippen LogP contribution is 2.36. The van der Waals surface area contributed by atoms with Gasteiger partial charge in [0.2, 0.25) is 0 Å². The number of benzene rings is 2. The Morgan fingerprint density at radius 3 is 2.52 bits per heavy atom. The van der Waals surface area contributed by atoms with Gasteiger partial charge in [0, 0.05) is 12.0 Å². The Bertz CT molecular complexity index is 850. The molecule has 0 radical (unpaired) electrons. The Kier molecular flexibility index (Phi) is 4.59. The maximum Gasteiger partial charge on any atom is 0.165 e. The van der Waals surface area contributed by atoms with Gasteiger partial charge < -0.3 is 0 Å². The quantitative estimate of drug-likeness (QED) is 0.629. The molecule has 0 bridgehead atoms. The smallest absolute Gasteiger partial charge is 0.165 e. The maximum absolute atomic E-state index is 12.9. The molecule has 1 unspecified atom stereocenters. The summed E-state index contributed by atoms with van der Waals surface area (Å²) >= 11 is 0. The van der Waals surface area contributed by atoms with E-state index in [1.165, 1.54) is 32.1 Å². The van der Waals surface area contributed by atoms with Crippen molar-refractivity contribution in [1.82, 2.24) is 15.0 Å². The highest BCUT2D eigenvalue weighted by molar-refractivity contribution is 5.96. The van der Waals surface area contributed by atoms with Crippen LogP contribution in [0, 0.1) is 5.92 Å². The second-order valence-electron chi connectivity index (χ2n) is 6.98. The molecule has 1 aromatic heterocycles. The first-order chi connectivity index (χ1) is 12.3. The number of Topliss-reactive ketones (excluding diaryl/α,β-unsaturated/α-hetero) is 1. The van der Waals surface area contributed by atoms with E-state index in [1.54, 1.807) is 0 Å². The predicted molar refractivity (Wildman–Crippen MR) is 98.5 cm³/mol. The van der Waals surface area contributed by atoms with Crippen LogP contribution in [0.2, 0.25) is 0 Å². The minimum Gasteiger partial charge on any atom is -0.294 e. The highest BCUT2D eigenvalue weighted by atomic mass is 16.1. The minimum atomic E-state index is 0.0837. The largest absolute Gasteiger partial charge is 0.294 e. The second kappa shape index (κ2) is 7.18. The molecular weight excluding hydrogens is 310 g/mol. The molecule has 3 aromatic rings. The topological polar surface area (TPSA) is 47.8 Å². The maximum atomic E-state index is 12.9. The van der Waals surface area contributed by atoms with Crippen LogP contribution < -0.4 is 0 Å². The Balaban J connectivity index is 1.68. The van der Waals surface area contributed by atoms with Crippen LogP contribution in [0.4, 0.5) is 0 Å². The monoisotopic (exact) mass is 333 g/mol. The molecule has 0 amide bonds. The molecule has 0 saturated heterocycles. The van der Waals surface area contributed by atoms with Gasteiger partial charge in [0.15, 0.2) is 5.78 Å². The van der Waals surface area contributed by atoms with E-state index >= 15 is 0 Å². The third-order valence-corrected chi connectivity index (χ3v) is 5.38. The third kappa shape index (κ3) is 3.34. The van der Waals surface area contributed by atoms with E-state index in [9.17, 15) is 4.79 Å². The molecule has 1 aliphatic rings. The Morgan fingerprint density at radius 2 is 1.72 bits per heavy atom. The number of carbonyl (C=O) groups excluding carboxylic acids is 1. The average Bonchev–Trinajstić information content (AvgIpc) is 3.11. The highest BCUT2D eigenvalue weighted by Gasteiger charge is 2.29. The van der Waals surface area contributed by atoms with Gasteiger partial charge in [0.05, 0.1) is 11.6 Å². The molecule has 1 heterocycles. The molecule has 1 saturated carbocycles. The van der Waals surface area contributed by atoms with Crippen LogP contribution in [0.5, 0.6) is 0 Å². The number of nitrogens with zero attached hydrogens (tertiary/aromatic N) is 3. The zero-order valence-electron chi connectivity index (χ0n) is 14.3. The summed E-state index contributed by atoms with van der Waals surface area (Å²) in [6.45, 7) is 0. The van der Waals surface area contributed by atoms with Gasteiger partial charge in [-0.2, -0.15) is 0 Å². The summed E-state index contributed by atoms with van der Waals surface area (Å²) in [6.07, 6.45) is 6.61. The average molecular weight is 333 g/mol. The fourth-order valence-corrected chi connectivity index (χ4v) is 4.04. The van der Waals surface area contributed by atoms with Crippen molar-refractivity contribution >= 4 is 16.8 Å². The van der Waals surface area contributed by atoms with Crippen molar-refractivity contribution in [2.24, 2.45) is 5.92 Å². The lowest BCUT2D eigenvalue weighted by molar-refractivity contribution is 0.0930. The summed E-state index contributed by atoms with van der Waals surface area (Å²) in [7, 11) is 0. The molecule has 0 spiro atoms. The van der Waals surface area contributed by atoms with Crippen LogP contribution in [0.15, 0.2) is 54.6 Å². The number of fused-ring (bicyclic) bond motifs is 1. The van der Waals surface area contributed by atoms with Crippen molar-refractivity contribution in [3.63, 3.8) is 0 Å². The lowest BCUT2D eigenvalue weighted by atomic mass is 9.81. The van der Waals surface area contributed by atoms with E-state index in [4.69, 9.17) is 0 Å². The van der Waals surface area contributed by atoms with Crippen molar-refractivity contribution in [2.45, 2.75) is 44.6 Å². The van der Waals surface area contributed by atoms with Gasteiger partial charge in [0.25, 0.3) is 0 Å². The van der Waals surface area contributed by atoms with Gasteiger partial charge in [-0.1, -0.05) is 66.9 Å². The predicted octanol–water partition coefficient (Wildman–Crippen LogP) is 4.83. The van der Waals surface area contributed by atoms with Crippen molar-refractivity contribution in [2.75, 3.05) is 0 Å². The van der Waals surface area contributed by atoms with E-state index in [-0.39, 0.29) is 11.8 Å². The second-order valence-corrected chi connectivity index (χ2v) is 6.98. The van der Waals surface area contributed by atoms with Gasteiger partial charge in [-0.25, -0.2) is 4.68 Å². The van der Waals surface area contributed by atoms with E-state index < -0.39 is 0 Å². The van der Waals surface area contributed by atoms with E-state index in [1.807, 2.05) is 53.2 Å². The van der Waals surface area contributed by atoms with Gasteiger partial charge in [0.1, 0.15) is 5.52 Å². The van der Waals surface area contributed by atoms with Gasteiger partial charge in [-0.15, -0.1) is 5.10 Å². The minimum absolute atomic E-state index is 0.0837. The Morgan fingerprint density at radius 1 is 1.00 bits per heavy atom. The van der Waals surface area contributed by atoms with Crippen molar-refractivity contribution < 1.29 is 4.79 Å². The molecule has 1 atom stereocenters. The number of aromatic nitrogens is 3. The summed E-state index contributed by atoms with van der Waals surface area (Å²) < 4.78 is 2.01. The van der Waals surface area contributed by atoms with Crippen LogP contribution in [0.25, 0.3) is 11.0 Å². The number of para-hydroxylation sites is 1. The summed E-state index contributed by atoms with van der Waals surface area (Å²) in [6, 6.07) is 17.7. The van der Waals surface area contributed by atoms with Gasteiger partial charge in [-0.05, 0) is 30.9 Å². The van der Waals surface area contributed by atoms with Crippen LogP contribution >= 0.6 is 0 Å². The molecule has 1 aliphatic carbocycles. The lowest BCUT2D eigenvalue weighted by Gasteiger charge is -2.30. The number of hydrogen-bond acceptors (Lipinski definition) is 3. The van der Waals surface area contributed by atoms with Gasteiger partial charge >= 0.3 is 0 Å². The SMILES string of the molecule is O=C(CC(C1CCCCC1)n1nnc2ccccc21)c1ccccc1. The first-order valence-corrected chi connectivity index (χ1v) is 9.21. The summed E-state index contributed by atoms with van der Waals surface area (Å²) in [5.41, 5.74) is 2.71. The first kappa shape index (κ1) is 16.0. The van der Waals surface area contributed by atoms with Crippen LogP contribution in [0.1, 0.15) is 54.9 Å². The first-order valence-electron chi connectivity index (χ1n) is 9.21. The van der Waals surface area contributed by atoms with Gasteiger partial charge in [-0.3, -0.25) is 4.79 Å². The number of carbonyl (C=O) groups is 1. The molecule has 2 aromatic carbocycles. The van der Waals surface area contributed by atoms with E-state index in [0.29, 0.717) is 12.3 Å². The summed E-state index contributed by atoms with van der Waals surface area (Å²) in [4.78, 5) is 12.9. The molecule has 4 nitrogen and oxygen atoms in total. The molecule has 0 N–H and O–H groups in total. The molecule has 4 heteroatoms. The normalized spacial score (nSPS) is 16.8. The van der Waals surface area contributed by atoms with Crippen molar-refractivity contribution in [3.05, 3.63) is 60.2 Å². The molecular formula is C21H23N3O. The molecule has 1 fully saturated rings. The lowest BCUT2D eigenvalue weighted by Crippen LogP contribution is -2.25. The fourth-order valence-electron chi connectivity index (χ4n) is 4.04. The molecule has 128 valence electrons. The van der Waals surface area contributed by atoms with Crippen LogP contribution in [-0.2, 0) is 0 Å². The number of ketones is 1. The Labute approximate surface area is 147 Å². The van der Waals surface area contributed by atoms with Crippen LogP contribution in [-0.4, -0.2) is 20.8 Å². The summed E-state index contributed by atoms with van der Waals surface area (Å²) in [5.74, 6) is 0.683. The van der Waals surface area contributed by atoms with E-state index in [0.717, 1.165) is 16.6 Å². The molecule has 25 heavy (non-hydrogen) atoms. The zero-order valence-corrected chi connectivity index (χ0v) is 14.3. The van der Waals surface area contributed by atoms with Crippen LogP contribution in [0.3, 0.4) is 0 Å². The zero-order chi connectivity index (χ0) is 17.1. The molecule has 4 rings (SSSR count). The van der Waals surface area contributed by atoms with Crippen molar-refractivity contribution in [1.29, 1.82) is 0 Å². The number of hydrogen-bond donors (Lipinski definition) is 0. The summed E-state index contributed by atoms with van der Waals surface area (Å²) in [5, 5.41) is 8.75. The third-order valence-electron chi connectivity index (χ3n) is 5.38. The van der Waals surface area contributed by atoms with E-state index in [2.05, 4.69) is 16.4 Å². The fraction of sp³-hybridized carbons (Fsp3) is 0.381. The molecule has 0 aliphatic heterocycles. The van der Waals surface area contributed by atoms with Crippen molar-refractivity contribution in [3.8, 4) is 0 Å².